The van der Waals surface area contributed by atoms with Crippen LogP contribution in [0.3, 0.4) is 0 Å². The quantitative estimate of drug-likeness (QED) is 0.751. The molecule has 7 heteroatoms. The van der Waals surface area contributed by atoms with Gasteiger partial charge in [-0.05, 0) is 30.3 Å². The zero-order valence-corrected chi connectivity index (χ0v) is 12.6. The van der Waals surface area contributed by atoms with E-state index in [1.54, 1.807) is 42.5 Å². The first-order chi connectivity index (χ1) is 11.5. The van der Waals surface area contributed by atoms with Crippen molar-refractivity contribution in [2.75, 3.05) is 5.32 Å². The monoisotopic (exact) mass is 322 g/mol. The number of carbonyl (C=O) groups is 2. The SMILES string of the molecule is NC(=O)c1cccc(NC(=O)Cn2cnc3ccccc3c2=O)c1. The summed E-state index contributed by atoms with van der Waals surface area (Å²) in [5.74, 6) is -0.989. The van der Waals surface area contributed by atoms with Crippen LogP contribution in [0.15, 0.2) is 59.7 Å². The van der Waals surface area contributed by atoms with Crippen LogP contribution in [-0.2, 0) is 11.3 Å². The van der Waals surface area contributed by atoms with Crippen molar-refractivity contribution in [2.45, 2.75) is 6.54 Å². The van der Waals surface area contributed by atoms with Gasteiger partial charge in [0.2, 0.25) is 11.8 Å². The maximum absolute atomic E-state index is 12.3. The van der Waals surface area contributed by atoms with Crippen molar-refractivity contribution in [2.24, 2.45) is 5.73 Å². The van der Waals surface area contributed by atoms with Crippen LogP contribution < -0.4 is 16.6 Å². The van der Waals surface area contributed by atoms with Crippen molar-refractivity contribution in [1.29, 1.82) is 0 Å². The molecule has 0 unspecified atom stereocenters. The smallest absolute Gasteiger partial charge is 0.261 e. The van der Waals surface area contributed by atoms with Gasteiger partial charge in [0.1, 0.15) is 6.54 Å². The minimum absolute atomic E-state index is 0.183. The number of nitrogens with zero attached hydrogens (tertiary/aromatic N) is 2. The molecule has 0 fully saturated rings. The molecule has 0 aliphatic rings. The fraction of sp³-hybridized carbons (Fsp3) is 0.0588. The summed E-state index contributed by atoms with van der Waals surface area (Å²) in [5.41, 5.74) is 6.21. The summed E-state index contributed by atoms with van der Waals surface area (Å²) in [4.78, 5) is 39.8. The van der Waals surface area contributed by atoms with E-state index in [-0.39, 0.29) is 17.7 Å². The zero-order chi connectivity index (χ0) is 17.1. The van der Waals surface area contributed by atoms with Gasteiger partial charge in [-0.15, -0.1) is 0 Å². The van der Waals surface area contributed by atoms with Crippen LogP contribution in [-0.4, -0.2) is 21.4 Å². The molecule has 0 aliphatic heterocycles. The normalized spacial score (nSPS) is 10.5. The van der Waals surface area contributed by atoms with Crippen LogP contribution in [0, 0.1) is 0 Å². The van der Waals surface area contributed by atoms with Crippen molar-refractivity contribution in [3.8, 4) is 0 Å². The van der Waals surface area contributed by atoms with Crippen LogP contribution in [0.25, 0.3) is 10.9 Å². The molecule has 0 saturated carbocycles. The van der Waals surface area contributed by atoms with Gasteiger partial charge in [0.25, 0.3) is 5.56 Å². The van der Waals surface area contributed by atoms with E-state index in [0.717, 1.165) is 0 Å². The number of anilines is 1. The average molecular weight is 322 g/mol. The molecule has 3 N–H and O–H groups in total. The highest BCUT2D eigenvalue weighted by atomic mass is 16.2. The molecular weight excluding hydrogens is 308 g/mol. The van der Waals surface area contributed by atoms with Gasteiger partial charge in [-0.25, -0.2) is 4.98 Å². The third-order valence-corrected chi connectivity index (χ3v) is 3.48. The van der Waals surface area contributed by atoms with Gasteiger partial charge in [0.05, 0.1) is 17.2 Å². The average Bonchev–Trinajstić information content (AvgIpc) is 2.58. The molecule has 24 heavy (non-hydrogen) atoms. The van der Waals surface area contributed by atoms with Crippen LogP contribution in [0.1, 0.15) is 10.4 Å². The van der Waals surface area contributed by atoms with Gasteiger partial charge in [0, 0.05) is 11.3 Å². The molecule has 120 valence electrons. The lowest BCUT2D eigenvalue weighted by Crippen LogP contribution is -2.28. The molecule has 0 spiro atoms. The molecule has 0 radical (unpaired) electrons. The van der Waals surface area contributed by atoms with E-state index in [4.69, 9.17) is 5.73 Å². The number of para-hydroxylation sites is 1. The molecule has 0 bridgehead atoms. The first-order valence-corrected chi connectivity index (χ1v) is 7.18. The molecule has 3 aromatic rings. The summed E-state index contributed by atoms with van der Waals surface area (Å²) in [6.45, 7) is -0.183. The maximum Gasteiger partial charge on any atom is 0.261 e. The van der Waals surface area contributed by atoms with Crippen molar-refractivity contribution < 1.29 is 9.59 Å². The second-order valence-electron chi connectivity index (χ2n) is 5.19. The second kappa shape index (κ2) is 6.33. The molecular formula is C17H14N4O3. The summed E-state index contributed by atoms with van der Waals surface area (Å²) in [6.07, 6.45) is 1.34. The third-order valence-electron chi connectivity index (χ3n) is 3.48. The molecule has 7 nitrogen and oxygen atoms in total. The number of hydrogen-bond acceptors (Lipinski definition) is 4. The third kappa shape index (κ3) is 3.14. The predicted octanol–water partition coefficient (Wildman–Crippen LogP) is 1.13. The standard InChI is InChI=1S/C17H14N4O3/c18-16(23)11-4-3-5-12(8-11)20-15(22)9-21-10-19-14-7-2-1-6-13(14)17(21)24/h1-8,10H,9H2,(H2,18,23)(H,20,22). The molecule has 1 aromatic heterocycles. The summed E-state index contributed by atoms with van der Waals surface area (Å²) in [5, 5.41) is 3.07. The van der Waals surface area contributed by atoms with Crippen LogP contribution in [0.4, 0.5) is 5.69 Å². The Morgan fingerprint density at radius 1 is 1.12 bits per heavy atom. The molecule has 0 saturated heterocycles. The van der Waals surface area contributed by atoms with E-state index in [9.17, 15) is 14.4 Å². The van der Waals surface area contributed by atoms with E-state index in [2.05, 4.69) is 10.3 Å². The zero-order valence-electron chi connectivity index (χ0n) is 12.6. The number of aromatic nitrogens is 2. The molecule has 3 rings (SSSR count). The summed E-state index contributed by atoms with van der Waals surface area (Å²) < 4.78 is 1.23. The molecule has 2 aromatic carbocycles. The Hall–Kier alpha value is -3.48. The van der Waals surface area contributed by atoms with E-state index in [1.807, 2.05) is 0 Å². The summed E-state index contributed by atoms with van der Waals surface area (Å²) >= 11 is 0. The lowest BCUT2D eigenvalue weighted by Gasteiger charge is -2.08. The summed E-state index contributed by atoms with van der Waals surface area (Å²) in [6, 6.07) is 13.2. The minimum Gasteiger partial charge on any atom is -0.366 e. The Labute approximate surface area is 136 Å². The van der Waals surface area contributed by atoms with Gasteiger partial charge in [-0.3, -0.25) is 19.0 Å². The van der Waals surface area contributed by atoms with Gasteiger partial charge in [0.15, 0.2) is 0 Å². The van der Waals surface area contributed by atoms with E-state index in [0.29, 0.717) is 16.6 Å². The lowest BCUT2D eigenvalue weighted by atomic mass is 10.2. The first-order valence-electron chi connectivity index (χ1n) is 7.18. The highest BCUT2D eigenvalue weighted by Crippen LogP contribution is 2.10. The second-order valence-corrected chi connectivity index (χ2v) is 5.19. The largest absolute Gasteiger partial charge is 0.366 e. The van der Waals surface area contributed by atoms with Crippen molar-refractivity contribution >= 4 is 28.4 Å². The van der Waals surface area contributed by atoms with E-state index >= 15 is 0 Å². The Bertz CT molecular complexity index is 994. The Balaban J connectivity index is 1.80. The minimum atomic E-state index is -0.582. The van der Waals surface area contributed by atoms with E-state index < -0.39 is 11.8 Å². The number of nitrogens with two attached hydrogens (primary N) is 1. The maximum atomic E-state index is 12.3. The first kappa shape index (κ1) is 15.4. The van der Waals surface area contributed by atoms with Crippen LogP contribution in [0.5, 0.6) is 0 Å². The Kier molecular flexibility index (Phi) is 4.07. The summed E-state index contributed by atoms with van der Waals surface area (Å²) in [7, 11) is 0. The van der Waals surface area contributed by atoms with Gasteiger partial charge in [-0.2, -0.15) is 0 Å². The van der Waals surface area contributed by atoms with Crippen molar-refractivity contribution in [3.63, 3.8) is 0 Å². The lowest BCUT2D eigenvalue weighted by molar-refractivity contribution is -0.116. The molecule has 0 atom stereocenters. The predicted molar refractivity (Wildman–Crippen MR) is 89.6 cm³/mol. The number of carbonyl (C=O) groups excluding carboxylic acids is 2. The topological polar surface area (TPSA) is 107 Å². The number of rotatable bonds is 4. The van der Waals surface area contributed by atoms with Crippen molar-refractivity contribution in [3.05, 3.63) is 70.8 Å². The molecule has 1 heterocycles. The number of benzene rings is 2. The molecule has 2 amide bonds. The van der Waals surface area contributed by atoms with Crippen LogP contribution in [0.2, 0.25) is 0 Å². The number of fused-ring (bicyclic) bond motifs is 1. The number of amides is 2. The van der Waals surface area contributed by atoms with Gasteiger partial charge < -0.3 is 11.1 Å². The molecule has 0 aliphatic carbocycles. The highest BCUT2D eigenvalue weighted by molar-refractivity contribution is 5.96. The fourth-order valence-corrected chi connectivity index (χ4v) is 2.32. The van der Waals surface area contributed by atoms with E-state index in [1.165, 1.54) is 17.0 Å². The van der Waals surface area contributed by atoms with Crippen molar-refractivity contribution in [1.82, 2.24) is 9.55 Å². The highest BCUT2D eigenvalue weighted by Gasteiger charge is 2.09. The fourth-order valence-electron chi connectivity index (χ4n) is 2.32. The Morgan fingerprint density at radius 2 is 1.92 bits per heavy atom. The number of primary amides is 1. The number of nitrogens with one attached hydrogen (secondary N) is 1. The van der Waals surface area contributed by atoms with Gasteiger partial charge in [-0.1, -0.05) is 18.2 Å². The van der Waals surface area contributed by atoms with Gasteiger partial charge >= 0.3 is 0 Å². The Morgan fingerprint density at radius 3 is 2.71 bits per heavy atom. The number of hydrogen-bond donors (Lipinski definition) is 2. The van der Waals surface area contributed by atoms with Crippen LogP contribution >= 0.6 is 0 Å².